The van der Waals surface area contributed by atoms with E-state index in [1.165, 1.54) is 10.9 Å². The molecule has 3 heterocycles. The number of rotatable bonds is 3. The van der Waals surface area contributed by atoms with Crippen LogP contribution in [0.25, 0.3) is 10.9 Å². The van der Waals surface area contributed by atoms with E-state index in [1.807, 2.05) is 54.6 Å². The van der Waals surface area contributed by atoms with Crippen LogP contribution in [0.3, 0.4) is 0 Å². The van der Waals surface area contributed by atoms with Crippen LogP contribution in [-0.4, -0.2) is 31.8 Å². The molecule has 2 atom stereocenters. The number of carbonyl (C=O) groups is 1. The number of nitrogens with zero attached hydrogens (tertiary/aromatic N) is 2. The summed E-state index contributed by atoms with van der Waals surface area (Å²) < 4.78 is 0. The van der Waals surface area contributed by atoms with Crippen molar-refractivity contribution in [2.24, 2.45) is 0 Å². The molecule has 0 aliphatic carbocycles. The summed E-state index contributed by atoms with van der Waals surface area (Å²) in [7, 11) is 0. The summed E-state index contributed by atoms with van der Waals surface area (Å²) in [5.41, 5.74) is 5.69. The molecule has 1 N–H and O–H groups in total. The van der Waals surface area contributed by atoms with E-state index in [9.17, 15) is 4.79 Å². The van der Waals surface area contributed by atoms with Crippen LogP contribution < -0.4 is 0 Å². The van der Waals surface area contributed by atoms with Crippen LogP contribution in [0.4, 0.5) is 0 Å². The SMILES string of the molecule is O=C1[C@H]2Cc3c([nH]c4ccccc34)[C@@H](c3ccccc3)N2C(=S)N1Cc1ccccc1. The van der Waals surface area contributed by atoms with Crippen molar-refractivity contribution in [2.45, 2.75) is 25.0 Å². The zero-order valence-corrected chi connectivity index (χ0v) is 17.7. The molecule has 0 unspecified atom stereocenters. The van der Waals surface area contributed by atoms with Gasteiger partial charge >= 0.3 is 0 Å². The van der Waals surface area contributed by atoms with Gasteiger partial charge < -0.3 is 9.88 Å². The van der Waals surface area contributed by atoms with Crippen molar-refractivity contribution in [1.82, 2.24) is 14.8 Å². The van der Waals surface area contributed by atoms with Crippen LogP contribution in [0.15, 0.2) is 84.9 Å². The minimum atomic E-state index is -0.284. The van der Waals surface area contributed by atoms with Crippen molar-refractivity contribution in [3.63, 3.8) is 0 Å². The lowest BCUT2D eigenvalue weighted by atomic mass is 9.89. The van der Waals surface area contributed by atoms with Crippen LogP contribution >= 0.6 is 12.2 Å². The van der Waals surface area contributed by atoms with E-state index in [0.29, 0.717) is 18.1 Å². The predicted octanol–water partition coefficient (Wildman–Crippen LogP) is 4.81. The molecule has 0 spiro atoms. The summed E-state index contributed by atoms with van der Waals surface area (Å²) in [5.74, 6) is 0.0886. The summed E-state index contributed by atoms with van der Waals surface area (Å²) in [5, 5.41) is 1.80. The number of H-pyrrole nitrogens is 1. The van der Waals surface area contributed by atoms with E-state index in [2.05, 4.69) is 40.2 Å². The van der Waals surface area contributed by atoms with Crippen LogP contribution in [0.2, 0.25) is 0 Å². The number of nitrogens with one attached hydrogen (secondary N) is 1. The van der Waals surface area contributed by atoms with Gasteiger partial charge in [0.05, 0.1) is 12.6 Å². The Hall–Kier alpha value is -3.44. The van der Waals surface area contributed by atoms with Gasteiger partial charge in [-0.05, 0) is 35.0 Å². The third kappa shape index (κ3) is 2.81. The topological polar surface area (TPSA) is 39.3 Å². The van der Waals surface area contributed by atoms with Crippen LogP contribution in [0.5, 0.6) is 0 Å². The van der Waals surface area contributed by atoms with Gasteiger partial charge in [-0.15, -0.1) is 0 Å². The Kier molecular flexibility index (Phi) is 4.18. The molecule has 1 fully saturated rings. The third-order valence-electron chi connectivity index (χ3n) is 6.43. The number of amides is 1. The fourth-order valence-corrected chi connectivity index (χ4v) is 5.41. The zero-order valence-electron chi connectivity index (χ0n) is 16.9. The average Bonchev–Trinajstić information content (AvgIpc) is 3.30. The molecule has 0 bridgehead atoms. The number of fused-ring (bicyclic) bond motifs is 4. The number of aromatic nitrogens is 1. The van der Waals surface area contributed by atoms with Gasteiger partial charge in [-0.25, -0.2) is 0 Å². The first kappa shape index (κ1) is 18.3. The second-order valence-electron chi connectivity index (χ2n) is 8.20. The summed E-state index contributed by atoms with van der Waals surface area (Å²) in [6, 6.07) is 28.4. The molecule has 1 aromatic heterocycles. The fraction of sp³-hybridized carbons (Fsp3) is 0.154. The van der Waals surface area contributed by atoms with Crippen molar-refractivity contribution in [2.75, 3.05) is 0 Å². The maximum atomic E-state index is 13.6. The molecule has 4 aromatic rings. The minimum Gasteiger partial charge on any atom is -0.356 e. The van der Waals surface area contributed by atoms with Gasteiger partial charge in [0, 0.05) is 23.0 Å². The van der Waals surface area contributed by atoms with Gasteiger partial charge in [0.1, 0.15) is 6.04 Å². The first-order valence-corrected chi connectivity index (χ1v) is 11.0. The molecule has 3 aromatic carbocycles. The predicted molar refractivity (Wildman–Crippen MR) is 126 cm³/mol. The Bertz CT molecular complexity index is 1300. The quantitative estimate of drug-likeness (QED) is 0.481. The van der Waals surface area contributed by atoms with Crippen molar-refractivity contribution >= 4 is 34.1 Å². The molecule has 5 heteroatoms. The number of hydrogen-bond donors (Lipinski definition) is 1. The second-order valence-corrected chi connectivity index (χ2v) is 8.56. The monoisotopic (exact) mass is 423 g/mol. The highest BCUT2D eigenvalue weighted by molar-refractivity contribution is 7.80. The zero-order chi connectivity index (χ0) is 20.9. The van der Waals surface area contributed by atoms with Gasteiger partial charge in [0.2, 0.25) is 0 Å². The third-order valence-corrected chi connectivity index (χ3v) is 6.86. The van der Waals surface area contributed by atoms with E-state index in [4.69, 9.17) is 12.2 Å². The van der Waals surface area contributed by atoms with Crippen molar-refractivity contribution in [3.8, 4) is 0 Å². The number of hydrogen-bond acceptors (Lipinski definition) is 2. The molecular formula is C26H21N3OS. The maximum Gasteiger partial charge on any atom is 0.252 e. The Morgan fingerprint density at radius 1 is 0.903 bits per heavy atom. The molecule has 1 saturated heterocycles. The highest BCUT2D eigenvalue weighted by atomic mass is 32.1. The van der Waals surface area contributed by atoms with E-state index >= 15 is 0 Å². The largest absolute Gasteiger partial charge is 0.356 e. The summed E-state index contributed by atoms with van der Waals surface area (Å²) in [6.45, 7) is 0.502. The Morgan fingerprint density at radius 3 is 2.35 bits per heavy atom. The summed E-state index contributed by atoms with van der Waals surface area (Å²) in [6.07, 6.45) is 0.660. The Balaban J connectivity index is 1.49. The highest BCUT2D eigenvalue weighted by Gasteiger charge is 2.50. The van der Waals surface area contributed by atoms with Gasteiger partial charge in [-0.1, -0.05) is 78.9 Å². The lowest BCUT2D eigenvalue weighted by Crippen LogP contribution is -2.44. The number of para-hydroxylation sites is 1. The molecule has 0 radical (unpaired) electrons. The molecule has 6 rings (SSSR count). The molecule has 152 valence electrons. The highest BCUT2D eigenvalue weighted by Crippen LogP contribution is 2.44. The van der Waals surface area contributed by atoms with Gasteiger partial charge in [-0.3, -0.25) is 9.69 Å². The number of benzene rings is 3. The average molecular weight is 424 g/mol. The minimum absolute atomic E-state index is 0.0886. The summed E-state index contributed by atoms with van der Waals surface area (Å²) in [4.78, 5) is 21.2. The first-order chi connectivity index (χ1) is 15.2. The fourth-order valence-electron chi connectivity index (χ4n) is 5.02. The molecule has 2 aliphatic rings. The Labute approximate surface area is 186 Å². The van der Waals surface area contributed by atoms with Crippen molar-refractivity contribution < 1.29 is 4.79 Å². The first-order valence-electron chi connectivity index (χ1n) is 10.5. The molecule has 2 aliphatic heterocycles. The number of aromatic amines is 1. The lowest BCUT2D eigenvalue weighted by Gasteiger charge is -2.37. The second kappa shape index (κ2) is 7.06. The van der Waals surface area contributed by atoms with Gasteiger partial charge in [0.25, 0.3) is 5.91 Å². The normalized spacial score (nSPS) is 20.3. The maximum absolute atomic E-state index is 13.6. The van der Waals surface area contributed by atoms with Crippen LogP contribution in [0.1, 0.15) is 28.4 Å². The van der Waals surface area contributed by atoms with Crippen LogP contribution in [0, 0.1) is 0 Å². The van der Waals surface area contributed by atoms with Crippen molar-refractivity contribution in [1.29, 1.82) is 0 Å². The van der Waals surface area contributed by atoms with Gasteiger partial charge in [0.15, 0.2) is 5.11 Å². The molecule has 4 nitrogen and oxygen atoms in total. The van der Waals surface area contributed by atoms with E-state index < -0.39 is 0 Å². The van der Waals surface area contributed by atoms with Gasteiger partial charge in [-0.2, -0.15) is 0 Å². The number of carbonyl (C=O) groups excluding carboxylic acids is 1. The molecule has 0 saturated carbocycles. The summed E-state index contributed by atoms with van der Waals surface area (Å²) >= 11 is 5.92. The Morgan fingerprint density at radius 2 is 1.58 bits per heavy atom. The smallest absolute Gasteiger partial charge is 0.252 e. The van der Waals surface area contributed by atoms with E-state index in [1.54, 1.807) is 4.90 Å². The number of thiocarbonyl (C=S) groups is 1. The standard InChI is InChI=1S/C26H21N3OS/c30-25-22-15-20-19-13-7-8-14-21(19)27-23(20)24(18-11-5-2-6-12-18)29(22)26(31)28(25)16-17-9-3-1-4-10-17/h1-14,22,24,27H,15-16H2/t22-,24-/m1/s1. The molecule has 1 amide bonds. The van der Waals surface area contributed by atoms with E-state index in [0.717, 1.165) is 22.3 Å². The molecule has 31 heavy (non-hydrogen) atoms. The van der Waals surface area contributed by atoms with Crippen molar-refractivity contribution in [3.05, 3.63) is 107 Å². The van der Waals surface area contributed by atoms with E-state index in [-0.39, 0.29) is 18.0 Å². The van der Waals surface area contributed by atoms with Crippen LogP contribution in [-0.2, 0) is 17.8 Å². The molecular weight excluding hydrogens is 402 g/mol. The lowest BCUT2D eigenvalue weighted by molar-refractivity contribution is -0.128.